The van der Waals surface area contributed by atoms with Gasteiger partial charge in [-0.05, 0) is 24.3 Å². The van der Waals surface area contributed by atoms with Crippen molar-refractivity contribution >= 4 is 17.5 Å². The minimum absolute atomic E-state index is 0.00107. The molecule has 2 heterocycles. The normalized spacial score (nSPS) is 10.8. The molecular formula is C17H17ClFN5O. The third kappa shape index (κ3) is 4.45. The van der Waals surface area contributed by atoms with Gasteiger partial charge >= 0.3 is 0 Å². The van der Waals surface area contributed by atoms with E-state index in [1.807, 2.05) is 6.20 Å². The van der Waals surface area contributed by atoms with Crippen LogP contribution in [0.5, 0.6) is 0 Å². The highest BCUT2D eigenvalue weighted by molar-refractivity contribution is 6.30. The molecule has 2 aromatic heterocycles. The number of aryl methyl sites for hydroxylation is 1. The van der Waals surface area contributed by atoms with Gasteiger partial charge in [0.2, 0.25) is 5.91 Å². The van der Waals surface area contributed by atoms with Crippen LogP contribution in [0.25, 0.3) is 5.69 Å². The monoisotopic (exact) mass is 361 g/mol. The summed E-state index contributed by atoms with van der Waals surface area (Å²) >= 11 is 5.80. The molecule has 0 radical (unpaired) electrons. The van der Waals surface area contributed by atoms with Gasteiger partial charge in [0.25, 0.3) is 0 Å². The fourth-order valence-corrected chi connectivity index (χ4v) is 2.56. The Labute approximate surface area is 149 Å². The molecule has 0 N–H and O–H groups in total. The summed E-state index contributed by atoms with van der Waals surface area (Å²) in [6, 6.07) is 6.06. The summed E-state index contributed by atoms with van der Waals surface area (Å²) in [4.78, 5) is 13.9. The van der Waals surface area contributed by atoms with Crippen molar-refractivity contribution in [3.63, 3.8) is 0 Å². The predicted molar refractivity (Wildman–Crippen MR) is 91.9 cm³/mol. The van der Waals surface area contributed by atoms with Gasteiger partial charge in [-0.15, -0.1) is 0 Å². The van der Waals surface area contributed by atoms with Crippen molar-refractivity contribution in [2.45, 2.75) is 19.5 Å². The molecule has 0 spiro atoms. The largest absolute Gasteiger partial charge is 0.341 e. The number of halogens is 2. The fraction of sp³-hybridized carbons (Fsp3) is 0.235. The molecule has 3 rings (SSSR count). The molecule has 1 aromatic carbocycles. The van der Waals surface area contributed by atoms with Gasteiger partial charge in [0.15, 0.2) is 0 Å². The molecule has 130 valence electrons. The maximum Gasteiger partial charge on any atom is 0.224 e. The van der Waals surface area contributed by atoms with Gasteiger partial charge in [0.05, 0.1) is 23.1 Å². The SMILES string of the molecule is CN(Cc1cnn(-c2ccc(F)cc2)c1)C(=O)CCn1cc(Cl)cn1. The van der Waals surface area contributed by atoms with Gasteiger partial charge in [-0.3, -0.25) is 9.48 Å². The minimum atomic E-state index is -0.292. The Hall–Kier alpha value is -2.67. The molecule has 0 fully saturated rings. The van der Waals surface area contributed by atoms with Gasteiger partial charge in [-0.2, -0.15) is 10.2 Å². The molecule has 0 aliphatic rings. The number of amides is 1. The molecule has 1 amide bonds. The van der Waals surface area contributed by atoms with E-state index in [2.05, 4.69) is 10.2 Å². The number of hydrogen-bond acceptors (Lipinski definition) is 3. The molecule has 0 bridgehead atoms. The molecular weight excluding hydrogens is 345 g/mol. The summed E-state index contributed by atoms with van der Waals surface area (Å²) in [6.07, 6.45) is 7.08. The third-order valence-corrected chi connectivity index (χ3v) is 3.92. The van der Waals surface area contributed by atoms with Crippen LogP contribution in [-0.2, 0) is 17.9 Å². The lowest BCUT2D eigenvalue weighted by molar-refractivity contribution is -0.130. The molecule has 0 aliphatic heterocycles. The zero-order valence-corrected chi connectivity index (χ0v) is 14.4. The van der Waals surface area contributed by atoms with Crippen molar-refractivity contribution in [3.8, 4) is 5.69 Å². The highest BCUT2D eigenvalue weighted by atomic mass is 35.5. The predicted octanol–water partition coefficient (Wildman–Crippen LogP) is 2.91. The van der Waals surface area contributed by atoms with E-state index in [0.29, 0.717) is 24.5 Å². The van der Waals surface area contributed by atoms with Gasteiger partial charge in [0.1, 0.15) is 5.82 Å². The Balaban J connectivity index is 1.56. The molecule has 0 saturated carbocycles. The Morgan fingerprint density at radius 2 is 1.96 bits per heavy atom. The Bertz CT molecular complexity index is 858. The molecule has 8 heteroatoms. The van der Waals surface area contributed by atoms with E-state index in [-0.39, 0.29) is 11.7 Å². The van der Waals surface area contributed by atoms with Gasteiger partial charge in [-0.25, -0.2) is 9.07 Å². The van der Waals surface area contributed by atoms with E-state index in [0.717, 1.165) is 11.3 Å². The maximum absolute atomic E-state index is 13.0. The summed E-state index contributed by atoms with van der Waals surface area (Å²) in [6.45, 7) is 0.921. The average molecular weight is 362 g/mol. The van der Waals surface area contributed by atoms with Crippen LogP contribution in [0.1, 0.15) is 12.0 Å². The van der Waals surface area contributed by atoms with Crippen LogP contribution in [0.2, 0.25) is 5.02 Å². The molecule has 0 aliphatic carbocycles. The molecule has 0 saturated heterocycles. The maximum atomic E-state index is 13.0. The van der Waals surface area contributed by atoms with Crippen molar-refractivity contribution < 1.29 is 9.18 Å². The molecule has 6 nitrogen and oxygen atoms in total. The van der Waals surface area contributed by atoms with Crippen LogP contribution in [0.15, 0.2) is 49.1 Å². The standard InChI is InChI=1S/C17H17ClFN5O/c1-22(17(25)6-7-23-12-14(18)9-20-23)10-13-8-21-24(11-13)16-4-2-15(19)3-5-16/h2-5,8-9,11-12H,6-7,10H2,1H3. The van der Waals surface area contributed by atoms with Crippen molar-refractivity contribution in [3.05, 3.63) is 65.5 Å². The van der Waals surface area contributed by atoms with Gasteiger partial charge in [0, 0.05) is 44.5 Å². The van der Waals surface area contributed by atoms with Crippen LogP contribution in [-0.4, -0.2) is 37.4 Å². The zero-order valence-electron chi connectivity index (χ0n) is 13.6. The quantitative estimate of drug-likeness (QED) is 0.678. The number of carbonyl (C=O) groups excluding carboxylic acids is 1. The Morgan fingerprint density at radius 1 is 1.20 bits per heavy atom. The second-order valence-electron chi connectivity index (χ2n) is 5.69. The molecule has 0 unspecified atom stereocenters. The highest BCUT2D eigenvalue weighted by Crippen LogP contribution is 2.11. The third-order valence-electron chi connectivity index (χ3n) is 3.73. The number of nitrogens with zero attached hydrogens (tertiary/aromatic N) is 5. The Morgan fingerprint density at radius 3 is 2.64 bits per heavy atom. The van der Waals surface area contributed by atoms with Crippen molar-refractivity contribution in [2.75, 3.05) is 7.05 Å². The van der Waals surface area contributed by atoms with E-state index >= 15 is 0 Å². The summed E-state index contributed by atoms with van der Waals surface area (Å²) in [7, 11) is 1.74. The number of aromatic nitrogens is 4. The van der Waals surface area contributed by atoms with E-state index in [1.165, 1.54) is 12.1 Å². The van der Waals surface area contributed by atoms with E-state index in [9.17, 15) is 9.18 Å². The first-order valence-corrected chi connectivity index (χ1v) is 8.10. The lowest BCUT2D eigenvalue weighted by atomic mass is 10.3. The van der Waals surface area contributed by atoms with Crippen LogP contribution in [0.4, 0.5) is 4.39 Å². The zero-order chi connectivity index (χ0) is 17.8. The van der Waals surface area contributed by atoms with Gasteiger partial charge in [-0.1, -0.05) is 11.6 Å². The number of carbonyl (C=O) groups is 1. The van der Waals surface area contributed by atoms with Crippen molar-refractivity contribution in [1.29, 1.82) is 0 Å². The van der Waals surface area contributed by atoms with Crippen LogP contribution in [0.3, 0.4) is 0 Å². The summed E-state index contributed by atoms with van der Waals surface area (Å²) in [5, 5.41) is 8.85. The topological polar surface area (TPSA) is 56.0 Å². The first-order chi connectivity index (χ1) is 12.0. The smallest absolute Gasteiger partial charge is 0.224 e. The van der Waals surface area contributed by atoms with Crippen LogP contribution < -0.4 is 0 Å². The number of rotatable bonds is 6. The summed E-state index contributed by atoms with van der Waals surface area (Å²) in [5.74, 6) is -0.291. The van der Waals surface area contributed by atoms with Crippen molar-refractivity contribution in [2.24, 2.45) is 0 Å². The second kappa shape index (κ2) is 7.48. The van der Waals surface area contributed by atoms with E-state index < -0.39 is 0 Å². The van der Waals surface area contributed by atoms with Crippen LogP contribution >= 0.6 is 11.6 Å². The molecule has 25 heavy (non-hydrogen) atoms. The van der Waals surface area contributed by atoms with E-state index in [4.69, 9.17) is 11.6 Å². The lowest BCUT2D eigenvalue weighted by Crippen LogP contribution is -2.27. The summed E-state index contributed by atoms with van der Waals surface area (Å²) in [5.41, 5.74) is 1.65. The summed E-state index contributed by atoms with van der Waals surface area (Å²) < 4.78 is 16.3. The molecule has 3 aromatic rings. The van der Waals surface area contributed by atoms with Crippen LogP contribution in [0, 0.1) is 5.82 Å². The first-order valence-electron chi connectivity index (χ1n) is 7.72. The Kier molecular flexibility index (Phi) is 5.14. The number of benzene rings is 1. The van der Waals surface area contributed by atoms with Gasteiger partial charge < -0.3 is 4.90 Å². The number of hydrogen-bond donors (Lipinski definition) is 0. The highest BCUT2D eigenvalue weighted by Gasteiger charge is 2.11. The lowest BCUT2D eigenvalue weighted by Gasteiger charge is -2.16. The molecule has 0 atom stereocenters. The van der Waals surface area contributed by atoms with Crippen molar-refractivity contribution in [1.82, 2.24) is 24.5 Å². The van der Waals surface area contributed by atoms with E-state index in [1.54, 1.807) is 52.0 Å². The average Bonchev–Trinajstić information content (AvgIpc) is 3.22. The minimum Gasteiger partial charge on any atom is -0.341 e. The second-order valence-corrected chi connectivity index (χ2v) is 6.13. The fourth-order valence-electron chi connectivity index (χ4n) is 2.40. The first kappa shape index (κ1) is 17.2.